The molecule has 0 amide bonds. The molecular formula is C54H66O2S10. The van der Waals surface area contributed by atoms with Crippen LogP contribution in [0.1, 0.15) is 167 Å². The Morgan fingerprint density at radius 1 is 0.379 bits per heavy atom. The highest BCUT2D eigenvalue weighted by molar-refractivity contribution is 8.41. The molecule has 0 N–H and O–H groups in total. The Balaban J connectivity index is 1.32. The Morgan fingerprint density at radius 2 is 0.682 bits per heavy atom. The van der Waals surface area contributed by atoms with Gasteiger partial charge in [0.05, 0.1) is 25.4 Å². The van der Waals surface area contributed by atoms with E-state index in [-0.39, 0.29) is 10.2 Å². The molecule has 12 heteroatoms. The fourth-order valence-electron chi connectivity index (χ4n) is 8.46. The number of unbranched alkanes of at least 4 members (excludes halogenated alkanes) is 12. The van der Waals surface area contributed by atoms with Crippen molar-refractivity contribution in [2.24, 2.45) is 0 Å². The molecule has 0 fully saturated rings. The van der Waals surface area contributed by atoms with Gasteiger partial charge in [0.2, 0.25) is 0 Å². The van der Waals surface area contributed by atoms with Crippen LogP contribution in [-0.4, -0.2) is 33.2 Å². The van der Waals surface area contributed by atoms with Gasteiger partial charge in [0.25, 0.3) is 0 Å². The summed E-state index contributed by atoms with van der Waals surface area (Å²) in [6.07, 6.45) is 20.5. The minimum atomic E-state index is 0.112. The zero-order valence-corrected chi connectivity index (χ0v) is 47.8. The molecule has 2 heterocycles. The molecule has 66 heavy (non-hydrogen) atoms. The average molecular weight is 1070 g/mol. The van der Waals surface area contributed by atoms with Gasteiger partial charge in [-0.15, -0.1) is 47.0 Å². The molecule has 3 aromatic rings. The highest BCUT2D eigenvalue weighted by Crippen LogP contribution is 2.66. The first-order valence-corrected chi connectivity index (χ1v) is 33.1. The van der Waals surface area contributed by atoms with Gasteiger partial charge in [-0.25, -0.2) is 0 Å². The van der Waals surface area contributed by atoms with Crippen LogP contribution in [0.2, 0.25) is 0 Å². The lowest BCUT2D eigenvalue weighted by Gasteiger charge is -2.11. The van der Waals surface area contributed by atoms with Crippen molar-refractivity contribution in [3.8, 4) is 22.3 Å². The zero-order valence-electron chi connectivity index (χ0n) is 39.7. The van der Waals surface area contributed by atoms with Crippen molar-refractivity contribution in [2.75, 3.05) is 23.0 Å². The number of carbonyl (C=O) groups excluding carboxylic acids is 2. The second-order valence-electron chi connectivity index (χ2n) is 17.1. The smallest absolute Gasteiger partial charge is 0.190 e. The Morgan fingerprint density at radius 3 is 0.970 bits per heavy atom. The first-order valence-electron chi connectivity index (χ1n) is 24.3. The van der Waals surface area contributed by atoms with Crippen molar-refractivity contribution in [3.63, 3.8) is 0 Å². The van der Waals surface area contributed by atoms with E-state index in [9.17, 15) is 9.59 Å². The molecule has 0 aromatic heterocycles. The van der Waals surface area contributed by atoms with Crippen LogP contribution in [0, 0.1) is 0 Å². The summed E-state index contributed by atoms with van der Waals surface area (Å²) in [7, 11) is 0. The third-order valence-electron chi connectivity index (χ3n) is 11.7. The Hall–Kier alpha value is -0.540. The van der Waals surface area contributed by atoms with Gasteiger partial charge in [0, 0.05) is 34.8 Å². The highest BCUT2D eigenvalue weighted by Gasteiger charge is 2.37. The monoisotopic (exact) mass is 1070 g/mol. The van der Waals surface area contributed by atoms with Gasteiger partial charge in [-0.3, -0.25) is 9.59 Å². The molecule has 0 saturated heterocycles. The predicted molar refractivity (Wildman–Crippen MR) is 313 cm³/mol. The molecule has 7 rings (SSSR count). The molecule has 2 aliphatic carbocycles. The van der Waals surface area contributed by atoms with Gasteiger partial charge in [-0.2, -0.15) is 0 Å². The van der Waals surface area contributed by atoms with Crippen LogP contribution in [0.25, 0.3) is 33.4 Å². The quantitative estimate of drug-likeness (QED) is 0.0391. The van der Waals surface area contributed by atoms with E-state index in [1.807, 2.05) is 47.0 Å². The number of fused-ring (bicyclic) bond motifs is 6. The largest absolute Gasteiger partial charge is 0.287 e. The lowest BCUT2D eigenvalue weighted by atomic mass is 9.96. The first kappa shape index (κ1) is 53.3. The second-order valence-corrected chi connectivity index (χ2v) is 29.6. The topological polar surface area (TPSA) is 34.1 Å². The second kappa shape index (κ2) is 27.3. The Labute approximate surface area is 439 Å². The maximum atomic E-state index is 12.5. The van der Waals surface area contributed by atoms with Crippen LogP contribution in [-0.2, 0) is 9.59 Å². The van der Waals surface area contributed by atoms with Crippen molar-refractivity contribution >= 4 is 139 Å². The molecule has 2 aliphatic heterocycles. The predicted octanol–water partition coefficient (Wildman–Crippen LogP) is 20.8. The number of thioether (sulfide) groups is 10. The standard InChI is InChI=1S/C54H66O2S10/c1-7-11-15-19-27-57-51-52(58-28-20-16-12-8-2)64-49(63-51)47-43-31-37(61-35(5)55)23-25-39(43)41-34-46-42(33-45(41)47)40-26-24-38(62-36(6)56)32-44(40)48(46)50-65-53(59-29-21-17-13-9-3)54(66-50)60-30-22-18-14-10-4/h23-26,31-34H,7-22,27-30H2,1-6H3. The molecule has 0 saturated carbocycles. The fraction of sp³-hybridized carbons (Fsp3) is 0.481. The average Bonchev–Trinajstić information content (AvgIpc) is 4.05. The Bertz CT molecular complexity index is 2140. The van der Waals surface area contributed by atoms with E-state index in [2.05, 4.69) is 123 Å². The van der Waals surface area contributed by atoms with E-state index in [4.69, 9.17) is 0 Å². The molecule has 0 bridgehead atoms. The number of hydrogen-bond donors (Lipinski definition) is 0. The van der Waals surface area contributed by atoms with E-state index < -0.39 is 0 Å². The summed E-state index contributed by atoms with van der Waals surface area (Å²) in [6, 6.07) is 18.5. The summed E-state index contributed by atoms with van der Waals surface area (Å²) >= 11 is 18.9. The summed E-state index contributed by atoms with van der Waals surface area (Å²) in [5.41, 5.74) is 12.8. The number of rotatable bonds is 26. The van der Waals surface area contributed by atoms with Crippen molar-refractivity contribution in [1.29, 1.82) is 0 Å². The van der Waals surface area contributed by atoms with E-state index in [1.54, 1.807) is 13.8 Å². The number of benzene rings is 3. The third-order valence-corrected chi connectivity index (χ3v) is 24.7. The summed E-state index contributed by atoms with van der Waals surface area (Å²) in [5, 5.41) is 0.224. The first-order chi connectivity index (χ1) is 32.2. The molecule has 0 unspecified atom stereocenters. The van der Waals surface area contributed by atoms with Gasteiger partial charge in [0.1, 0.15) is 0 Å². The maximum absolute atomic E-state index is 12.5. The molecule has 0 spiro atoms. The molecular weight excluding hydrogens is 1000 g/mol. The van der Waals surface area contributed by atoms with E-state index in [0.717, 1.165) is 32.8 Å². The van der Waals surface area contributed by atoms with E-state index in [1.165, 1.54) is 207 Å². The zero-order chi connectivity index (χ0) is 46.4. The minimum Gasteiger partial charge on any atom is -0.287 e. The molecule has 3 aromatic carbocycles. The SMILES string of the molecule is CCCCCCSC1=C(SCCCCCC)SC(=C2c3cc(SC(C)=O)ccc3-c3cc4c(cc32)-c2ccc(SC(C)=O)cc2C4=C2SC(SCCCCCC)=C(SCCCCCC)S2)S1. The van der Waals surface area contributed by atoms with Gasteiger partial charge in [0.15, 0.2) is 10.2 Å². The van der Waals surface area contributed by atoms with Crippen LogP contribution in [0.15, 0.2) is 83.7 Å². The number of hydrogen-bond acceptors (Lipinski definition) is 12. The van der Waals surface area contributed by atoms with Crippen molar-refractivity contribution in [3.05, 3.63) is 96.2 Å². The van der Waals surface area contributed by atoms with Gasteiger partial charge in [-0.1, -0.05) is 187 Å². The van der Waals surface area contributed by atoms with Crippen molar-refractivity contribution < 1.29 is 9.59 Å². The fourth-order valence-corrected chi connectivity index (χ4v) is 22.0. The van der Waals surface area contributed by atoms with Crippen LogP contribution in [0.4, 0.5) is 0 Å². The third kappa shape index (κ3) is 13.9. The lowest BCUT2D eigenvalue weighted by molar-refractivity contribution is -0.109. The number of carbonyl (C=O) groups is 2. The van der Waals surface area contributed by atoms with E-state index in [0.29, 0.717) is 0 Å². The Kier molecular flexibility index (Phi) is 22.1. The van der Waals surface area contributed by atoms with Gasteiger partial charge >= 0.3 is 0 Å². The minimum absolute atomic E-state index is 0.112. The molecule has 0 radical (unpaired) electrons. The summed E-state index contributed by atoms with van der Waals surface area (Å²) in [5.74, 6) is 4.64. The summed E-state index contributed by atoms with van der Waals surface area (Å²) in [4.78, 5) is 27.1. The van der Waals surface area contributed by atoms with Crippen LogP contribution >= 0.6 is 118 Å². The molecule has 0 atom stereocenters. The van der Waals surface area contributed by atoms with Gasteiger partial charge < -0.3 is 0 Å². The van der Waals surface area contributed by atoms with Crippen LogP contribution in [0.3, 0.4) is 0 Å². The summed E-state index contributed by atoms with van der Waals surface area (Å²) < 4.78 is 8.61. The highest BCUT2D eigenvalue weighted by atomic mass is 32.3. The van der Waals surface area contributed by atoms with Crippen molar-refractivity contribution in [2.45, 2.75) is 154 Å². The maximum Gasteiger partial charge on any atom is 0.190 e. The molecule has 2 nitrogen and oxygen atoms in total. The van der Waals surface area contributed by atoms with Gasteiger partial charge in [-0.05, 0) is 130 Å². The lowest BCUT2D eigenvalue weighted by Crippen LogP contribution is -1.89. The molecule has 354 valence electrons. The molecule has 4 aliphatic rings. The van der Waals surface area contributed by atoms with Crippen LogP contribution < -0.4 is 0 Å². The van der Waals surface area contributed by atoms with Crippen molar-refractivity contribution in [1.82, 2.24) is 0 Å². The van der Waals surface area contributed by atoms with Crippen LogP contribution in [0.5, 0.6) is 0 Å². The van der Waals surface area contributed by atoms with E-state index >= 15 is 0 Å². The summed E-state index contributed by atoms with van der Waals surface area (Å²) in [6.45, 7) is 12.5. The normalized spacial score (nSPS) is 15.1.